The first-order valence-corrected chi connectivity index (χ1v) is 9.48. The second kappa shape index (κ2) is 7.32. The van der Waals surface area contributed by atoms with E-state index in [0.717, 1.165) is 36.9 Å². The number of likely N-dealkylation sites (tertiary alicyclic amines) is 1. The SMILES string of the molecule is O=C(Nc1ccccc1)C1CCN(C(=O)c2ccc3c(c2)CCC3)CC1. The molecule has 2 aromatic carbocycles. The first-order chi connectivity index (χ1) is 12.7. The van der Waals surface area contributed by atoms with Gasteiger partial charge in [0.05, 0.1) is 0 Å². The number of aryl methyl sites for hydroxylation is 2. The van der Waals surface area contributed by atoms with Gasteiger partial charge in [0.2, 0.25) is 5.91 Å². The Labute approximate surface area is 154 Å². The monoisotopic (exact) mass is 348 g/mol. The smallest absolute Gasteiger partial charge is 0.253 e. The molecule has 1 fully saturated rings. The van der Waals surface area contributed by atoms with E-state index >= 15 is 0 Å². The highest BCUT2D eigenvalue weighted by Gasteiger charge is 2.28. The Morgan fingerprint density at radius 1 is 0.923 bits per heavy atom. The van der Waals surface area contributed by atoms with Gasteiger partial charge < -0.3 is 10.2 Å². The molecule has 0 unspecified atom stereocenters. The van der Waals surface area contributed by atoms with Crippen LogP contribution in [0.4, 0.5) is 5.69 Å². The number of amides is 2. The third-order valence-electron chi connectivity index (χ3n) is 5.54. The summed E-state index contributed by atoms with van der Waals surface area (Å²) in [5.74, 6) is 0.127. The van der Waals surface area contributed by atoms with Crippen LogP contribution < -0.4 is 5.32 Å². The maximum absolute atomic E-state index is 12.8. The molecule has 1 N–H and O–H groups in total. The number of carbonyl (C=O) groups excluding carboxylic acids is 2. The van der Waals surface area contributed by atoms with Gasteiger partial charge in [0.15, 0.2) is 0 Å². The van der Waals surface area contributed by atoms with E-state index in [1.165, 1.54) is 17.5 Å². The van der Waals surface area contributed by atoms with Gasteiger partial charge in [-0.15, -0.1) is 0 Å². The van der Waals surface area contributed by atoms with E-state index in [1.54, 1.807) is 0 Å². The van der Waals surface area contributed by atoms with Gasteiger partial charge in [-0.2, -0.15) is 0 Å². The molecule has 0 atom stereocenters. The number of benzene rings is 2. The second-order valence-corrected chi connectivity index (χ2v) is 7.26. The van der Waals surface area contributed by atoms with Crippen molar-refractivity contribution < 1.29 is 9.59 Å². The van der Waals surface area contributed by atoms with Gasteiger partial charge in [-0.1, -0.05) is 24.3 Å². The predicted octanol–water partition coefficient (Wildman–Crippen LogP) is 3.67. The van der Waals surface area contributed by atoms with Gasteiger partial charge >= 0.3 is 0 Å². The summed E-state index contributed by atoms with van der Waals surface area (Å²) in [6.45, 7) is 1.28. The highest BCUT2D eigenvalue weighted by molar-refractivity contribution is 5.95. The summed E-state index contributed by atoms with van der Waals surface area (Å²) >= 11 is 0. The topological polar surface area (TPSA) is 49.4 Å². The molecule has 1 aliphatic carbocycles. The lowest BCUT2D eigenvalue weighted by atomic mass is 9.95. The molecule has 26 heavy (non-hydrogen) atoms. The number of anilines is 1. The van der Waals surface area contributed by atoms with Gasteiger partial charge in [0.1, 0.15) is 0 Å². The van der Waals surface area contributed by atoms with E-state index in [4.69, 9.17) is 0 Å². The van der Waals surface area contributed by atoms with Gasteiger partial charge in [-0.3, -0.25) is 9.59 Å². The van der Waals surface area contributed by atoms with Crippen LogP contribution in [0.2, 0.25) is 0 Å². The second-order valence-electron chi connectivity index (χ2n) is 7.26. The molecule has 2 aliphatic rings. The predicted molar refractivity (Wildman–Crippen MR) is 102 cm³/mol. The van der Waals surface area contributed by atoms with Crippen LogP contribution in [0.5, 0.6) is 0 Å². The molecule has 0 bridgehead atoms. The summed E-state index contributed by atoms with van der Waals surface area (Å²) in [7, 11) is 0. The average molecular weight is 348 g/mol. The quantitative estimate of drug-likeness (QED) is 0.920. The molecule has 1 aliphatic heterocycles. The van der Waals surface area contributed by atoms with Crippen molar-refractivity contribution in [3.05, 3.63) is 65.2 Å². The maximum Gasteiger partial charge on any atom is 0.253 e. The zero-order valence-corrected chi connectivity index (χ0v) is 14.9. The number of hydrogen-bond donors (Lipinski definition) is 1. The Morgan fingerprint density at radius 2 is 1.65 bits per heavy atom. The van der Waals surface area contributed by atoms with Crippen molar-refractivity contribution in [2.75, 3.05) is 18.4 Å². The minimum Gasteiger partial charge on any atom is -0.339 e. The molecule has 0 spiro atoms. The van der Waals surface area contributed by atoms with E-state index in [0.29, 0.717) is 13.1 Å². The summed E-state index contributed by atoms with van der Waals surface area (Å²) in [6.07, 6.45) is 4.84. The van der Waals surface area contributed by atoms with E-state index in [1.807, 2.05) is 41.3 Å². The Balaban J connectivity index is 1.34. The molecule has 0 saturated carbocycles. The highest BCUT2D eigenvalue weighted by Crippen LogP contribution is 2.25. The molecule has 134 valence electrons. The van der Waals surface area contributed by atoms with Crippen LogP contribution in [0.25, 0.3) is 0 Å². The highest BCUT2D eigenvalue weighted by atomic mass is 16.2. The zero-order valence-electron chi connectivity index (χ0n) is 14.9. The van der Waals surface area contributed by atoms with E-state index in [2.05, 4.69) is 17.4 Å². The number of nitrogens with zero attached hydrogens (tertiary/aromatic N) is 1. The molecule has 2 amide bonds. The minimum atomic E-state index is -0.0284. The number of piperidine rings is 1. The van der Waals surface area contributed by atoms with Crippen LogP contribution in [-0.4, -0.2) is 29.8 Å². The lowest BCUT2D eigenvalue weighted by molar-refractivity contribution is -0.121. The van der Waals surface area contributed by atoms with Crippen LogP contribution in [0, 0.1) is 5.92 Å². The number of hydrogen-bond acceptors (Lipinski definition) is 2. The lowest BCUT2D eigenvalue weighted by Gasteiger charge is -2.31. The first-order valence-electron chi connectivity index (χ1n) is 9.48. The Kier molecular flexibility index (Phi) is 4.74. The van der Waals surface area contributed by atoms with Crippen molar-refractivity contribution in [1.29, 1.82) is 0 Å². The minimum absolute atomic E-state index is 0.0284. The summed E-state index contributed by atoms with van der Waals surface area (Å²) in [5, 5.41) is 2.97. The van der Waals surface area contributed by atoms with Crippen LogP contribution >= 0.6 is 0 Å². The lowest BCUT2D eigenvalue weighted by Crippen LogP contribution is -2.41. The summed E-state index contributed by atoms with van der Waals surface area (Å²) in [4.78, 5) is 27.1. The normalized spacial score (nSPS) is 17.0. The third kappa shape index (κ3) is 3.50. The molecule has 4 heteroatoms. The van der Waals surface area contributed by atoms with Crippen molar-refractivity contribution >= 4 is 17.5 Å². The number of rotatable bonds is 3. The molecule has 4 rings (SSSR count). The van der Waals surface area contributed by atoms with Gasteiger partial charge in [-0.25, -0.2) is 0 Å². The number of fused-ring (bicyclic) bond motifs is 1. The molecule has 1 heterocycles. The Morgan fingerprint density at radius 3 is 2.42 bits per heavy atom. The number of para-hydroxylation sites is 1. The average Bonchev–Trinajstić information content (AvgIpc) is 3.16. The molecular weight excluding hydrogens is 324 g/mol. The van der Waals surface area contributed by atoms with Crippen molar-refractivity contribution in [1.82, 2.24) is 4.90 Å². The van der Waals surface area contributed by atoms with E-state index in [9.17, 15) is 9.59 Å². The van der Waals surface area contributed by atoms with Crippen molar-refractivity contribution in [2.45, 2.75) is 32.1 Å². The summed E-state index contributed by atoms with van der Waals surface area (Å²) < 4.78 is 0. The molecule has 0 aromatic heterocycles. The van der Waals surface area contributed by atoms with Crippen LogP contribution in [0.15, 0.2) is 48.5 Å². The Bertz CT molecular complexity index is 808. The van der Waals surface area contributed by atoms with Crippen molar-refractivity contribution in [3.8, 4) is 0 Å². The van der Waals surface area contributed by atoms with E-state index in [-0.39, 0.29) is 17.7 Å². The van der Waals surface area contributed by atoms with Gasteiger partial charge in [0, 0.05) is 30.3 Å². The van der Waals surface area contributed by atoms with E-state index < -0.39 is 0 Å². The fraction of sp³-hybridized carbons (Fsp3) is 0.364. The fourth-order valence-corrected chi connectivity index (χ4v) is 4.00. The fourth-order valence-electron chi connectivity index (χ4n) is 4.00. The largest absolute Gasteiger partial charge is 0.339 e. The molecular formula is C22H24N2O2. The van der Waals surface area contributed by atoms with Crippen LogP contribution in [0.3, 0.4) is 0 Å². The third-order valence-corrected chi connectivity index (χ3v) is 5.54. The van der Waals surface area contributed by atoms with Gasteiger partial charge in [-0.05, 0) is 67.5 Å². The molecule has 2 aromatic rings. The van der Waals surface area contributed by atoms with Crippen LogP contribution in [-0.2, 0) is 17.6 Å². The van der Waals surface area contributed by atoms with Crippen LogP contribution in [0.1, 0.15) is 40.7 Å². The maximum atomic E-state index is 12.8. The summed E-state index contributed by atoms with van der Waals surface area (Å²) in [6, 6.07) is 15.7. The Hall–Kier alpha value is -2.62. The first kappa shape index (κ1) is 16.8. The van der Waals surface area contributed by atoms with Crippen molar-refractivity contribution in [3.63, 3.8) is 0 Å². The number of nitrogens with one attached hydrogen (secondary N) is 1. The van der Waals surface area contributed by atoms with Crippen molar-refractivity contribution in [2.24, 2.45) is 5.92 Å². The molecule has 4 nitrogen and oxygen atoms in total. The molecule has 1 saturated heterocycles. The van der Waals surface area contributed by atoms with Gasteiger partial charge in [0.25, 0.3) is 5.91 Å². The molecule has 0 radical (unpaired) electrons. The zero-order chi connectivity index (χ0) is 17.9. The standard InChI is InChI=1S/C22H24N2O2/c25-21(23-20-7-2-1-3-8-20)17-11-13-24(14-12-17)22(26)19-10-9-16-5-4-6-18(16)15-19/h1-3,7-10,15,17H,4-6,11-14H2,(H,23,25). The number of carbonyl (C=O) groups is 2. The summed E-state index contributed by atoms with van der Waals surface area (Å²) in [5.41, 5.74) is 4.33.